The Hall–Kier alpha value is -0.910. The van der Waals surface area contributed by atoms with Crippen molar-refractivity contribution in [1.82, 2.24) is 14.9 Å². The van der Waals surface area contributed by atoms with Gasteiger partial charge in [0.05, 0.1) is 19.5 Å². The molecule has 0 aliphatic carbocycles. The lowest BCUT2D eigenvalue weighted by Crippen LogP contribution is -2.39. The van der Waals surface area contributed by atoms with Crippen LogP contribution in [0.2, 0.25) is 0 Å². The second kappa shape index (κ2) is 4.89. The molecule has 0 amide bonds. The third-order valence-electron chi connectivity index (χ3n) is 4.66. The van der Waals surface area contributed by atoms with Crippen LogP contribution in [0.25, 0.3) is 0 Å². The molecular weight excluding hydrogens is 242 g/mol. The SMILES string of the molecule is COC1(Cn2cncc2C2(C)CCNC2)CCOC1. The molecule has 5 nitrogen and oxygen atoms in total. The Morgan fingerprint density at radius 2 is 2.42 bits per heavy atom. The number of nitrogens with zero attached hydrogens (tertiary/aromatic N) is 2. The number of rotatable bonds is 4. The van der Waals surface area contributed by atoms with Crippen molar-refractivity contribution in [2.45, 2.75) is 37.3 Å². The van der Waals surface area contributed by atoms with Gasteiger partial charge >= 0.3 is 0 Å². The molecule has 1 N–H and O–H groups in total. The summed E-state index contributed by atoms with van der Waals surface area (Å²) >= 11 is 0. The van der Waals surface area contributed by atoms with E-state index in [0.29, 0.717) is 6.61 Å². The molecule has 3 rings (SSSR count). The maximum Gasteiger partial charge on any atom is 0.111 e. The minimum Gasteiger partial charge on any atom is -0.378 e. The molecule has 3 heterocycles. The first-order valence-corrected chi connectivity index (χ1v) is 7.02. The fraction of sp³-hybridized carbons (Fsp3) is 0.786. The molecule has 0 saturated carbocycles. The second-order valence-electron chi connectivity index (χ2n) is 6.08. The van der Waals surface area contributed by atoms with Crippen molar-refractivity contribution in [3.05, 3.63) is 18.2 Å². The van der Waals surface area contributed by atoms with Crippen LogP contribution in [0.15, 0.2) is 12.5 Å². The number of hydrogen-bond acceptors (Lipinski definition) is 4. The summed E-state index contributed by atoms with van der Waals surface area (Å²) in [6, 6.07) is 0. The summed E-state index contributed by atoms with van der Waals surface area (Å²) in [4.78, 5) is 4.36. The van der Waals surface area contributed by atoms with Crippen LogP contribution in [0.5, 0.6) is 0 Å². The molecular formula is C14H23N3O2. The zero-order chi connectivity index (χ0) is 13.3. The van der Waals surface area contributed by atoms with E-state index in [-0.39, 0.29) is 11.0 Å². The predicted molar refractivity (Wildman–Crippen MR) is 72.2 cm³/mol. The zero-order valence-corrected chi connectivity index (χ0v) is 11.8. The number of hydrogen-bond donors (Lipinski definition) is 1. The quantitative estimate of drug-likeness (QED) is 0.880. The molecule has 1 aromatic rings. The van der Waals surface area contributed by atoms with Gasteiger partial charge in [-0.25, -0.2) is 4.98 Å². The molecule has 5 heteroatoms. The van der Waals surface area contributed by atoms with Gasteiger partial charge in [0.2, 0.25) is 0 Å². The Bertz CT molecular complexity index is 432. The number of nitrogens with one attached hydrogen (secondary N) is 1. The Labute approximate surface area is 114 Å². The van der Waals surface area contributed by atoms with Crippen LogP contribution >= 0.6 is 0 Å². The Kier molecular flexibility index (Phi) is 3.37. The van der Waals surface area contributed by atoms with E-state index in [9.17, 15) is 0 Å². The maximum absolute atomic E-state index is 5.73. The van der Waals surface area contributed by atoms with Crippen molar-refractivity contribution < 1.29 is 9.47 Å². The van der Waals surface area contributed by atoms with Crippen molar-refractivity contribution >= 4 is 0 Å². The molecule has 0 spiro atoms. The van der Waals surface area contributed by atoms with E-state index < -0.39 is 0 Å². The van der Waals surface area contributed by atoms with Gasteiger partial charge in [0, 0.05) is 44.0 Å². The van der Waals surface area contributed by atoms with E-state index in [2.05, 4.69) is 21.8 Å². The fourth-order valence-corrected chi connectivity index (χ4v) is 3.23. The molecule has 2 unspecified atom stereocenters. The highest BCUT2D eigenvalue weighted by Gasteiger charge is 2.38. The topological polar surface area (TPSA) is 48.3 Å². The van der Waals surface area contributed by atoms with Gasteiger partial charge in [-0.3, -0.25) is 0 Å². The van der Waals surface area contributed by atoms with Gasteiger partial charge in [0.25, 0.3) is 0 Å². The van der Waals surface area contributed by atoms with Crippen LogP contribution in [-0.2, 0) is 21.4 Å². The Balaban J connectivity index is 1.84. The van der Waals surface area contributed by atoms with Crippen LogP contribution in [0.1, 0.15) is 25.5 Å². The molecule has 2 aliphatic rings. The second-order valence-corrected chi connectivity index (χ2v) is 6.08. The van der Waals surface area contributed by atoms with Crippen LogP contribution in [-0.4, -0.2) is 48.6 Å². The number of aromatic nitrogens is 2. The van der Waals surface area contributed by atoms with E-state index in [4.69, 9.17) is 9.47 Å². The van der Waals surface area contributed by atoms with Gasteiger partial charge in [-0.1, -0.05) is 6.92 Å². The lowest BCUT2D eigenvalue weighted by Gasteiger charge is -2.30. The normalized spacial score (nSPS) is 35.1. The monoisotopic (exact) mass is 265 g/mol. The lowest BCUT2D eigenvalue weighted by atomic mass is 9.86. The van der Waals surface area contributed by atoms with Crippen LogP contribution in [0.4, 0.5) is 0 Å². The molecule has 2 saturated heterocycles. The molecule has 1 aromatic heterocycles. The number of ether oxygens (including phenoxy) is 2. The van der Waals surface area contributed by atoms with Crippen LogP contribution < -0.4 is 5.32 Å². The third-order valence-corrected chi connectivity index (χ3v) is 4.66. The van der Waals surface area contributed by atoms with Gasteiger partial charge in [0.15, 0.2) is 0 Å². The van der Waals surface area contributed by atoms with Crippen molar-refractivity contribution in [3.63, 3.8) is 0 Å². The Morgan fingerprint density at radius 1 is 1.53 bits per heavy atom. The highest BCUT2D eigenvalue weighted by Crippen LogP contribution is 2.32. The van der Waals surface area contributed by atoms with E-state index in [1.165, 1.54) is 5.69 Å². The van der Waals surface area contributed by atoms with Crippen molar-refractivity contribution in [2.75, 3.05) is 33.4 Å². The average Bonchev–Trinajstić information content (AvgIpc) is 3.11. The van der Waals surface area contributed by atoms with E-state index >= 15 is 0 Å². The number of imidazole rings is 1. The summed E-state index contributed by atoms with van der Waals surface area (Å²) in [5.74, 6) is 0. The standard InChI is InChI=1S/C14H23N3O2/c1-13(3-5-15-8-13)12-7-16-11-17(12)9-14(18-2)4-6-19-10-14/h7,11,15H,3-6,8-10H2,1-2H3. The van der Waals surface area contributed by atoms with E-state index in [0.717, 1.165) is 39.1 Å². The molecule has 0 radical (unpaired) electrons. The predicted octanol–water partition coefficient (Wildman–Crippen LogP) is 0.940. The van der Waals surface area contributed by atoms with Gasteiger partial charge in [0.1, 0.15) is 5.60 Å². The van der Waals surface area contributed by atoms with Crippen molar-refractivity contribution in [1.29, 1.82) is 0 Å². The lowest BCUT2D eigenvalue weighted by molar-refractivity contribution is -0.0303. The highest BCUT2D eigenvalue weighted by atomic mass is 16.5. The summed E-state index contributed by atoms with van der Waals surface area (Å²) in [7, 11) is 1.78. The van der Waals surface area contributed by atoms with E-state index in [1.807, 2.05) is 12.5 Å². The van der Waals surface area contributed by atoms with Gasteiger partial charge in [-0.05, 0) is 13.0 Å². The third kappa shape index (κ3) is 2.30. The first-order chi connectivity index (χ1) is 9.18. The van der Waals surface area contributed by atoms with Crippen molar-refractivity contribution in [2.24, 2.45) is 0 Å². The fourth-order valence-electron chi connectivity index (χ4n) is 3.23. The molecule has 2 atom stereocenters. The first kappa shape index (κ1) is 13.1. The average molecular weight is 265 g/mol. The highest BCUT2D eigenvalue weighted by molar-refractivity contribution is 5.17. The first-order valence-electron chi connectivity index (χ1n) is 7.02. The van der Waals surface area contributed by atoms with E-state index in [1.54, 1.807) is 7.11 Å². The summed E-state index contributed by atoms with van der Waals surface area (Å²) in [5, 5.41) is 3.45. The van der Waals surface area contributed by atoms with Crippen molar-refractivity contribution in [3.8, 4) is 0 Å². The Morgan fingerprint density at radius 3 is 3.05 bits per heavy atom. The molecule has 2 aliphatic heterocycles. The molecule has 19 heavy (non-hydrogen) atoms. The van der Waals surface area contributed by atoms with Gasteiger partial charge in [-0.2, -0.15) is 0 Å². The molecule has 0 bridgehead atoms. The summed E-state index contributed by atoms with van der Waals surface area (Å²) in [6.45, 7) is 6.71. The molecule has 106 valence electrons. The molecule has 2 fully saturated rings. The minimum atomic E-state index is -0.183. The van der Waals surface area contributed by atoms with Crippen LogP contribution in [0.3, 0.4) is 0 Å². The molecule has 0 aromatic carbocycles. The largest absolute Gasteiger partial charge is 0.378 e. The maximum atomic E-state index is 5.73. The number of methoxy groups -OCH3 is 1. The van der Waals surface area contributed by atoms with Gasteiger partial charge < -0.3 is 19.4 Å². The summed E-state index contributed by atoms with van der Waals surface area (Å²) in [6.07, 6.45) is 6.05. The smallest absolute Gasteiger partial charge is 0.111 e. The van der Waals surface area contributed by atoms with Crippen LogP contribution in [0, 0.1) is 0 Å². The zero-order valence-electron chi connectivity index (χ0n) is 11.8. The minimum absolute atomic E-state index is 0.183. The summed E-state index contributed by atoms with van der Waals surface area (Å²) < 4.78 is 13.5. The van der Waals surface area contributed by atoms with Gasteiger partial charge in [-0.15, -0.1) is 0 Å². The summed E-state index contributed by atoms with van der Waals surface area (Å²) in [5.41, 5.74) is 1.31.